The van der Waals surface area contributed by atoms with Crippen molar-refractivity contribution in [1.29, 1.82) is 0 Å². The maximum atomic E-state index is 13.0. The van der Waals surface area contributed by atoms with Crippen molar-refractivity contribution in [3.63, 3.8) is 0 Å². The fourth-order valence-corrected chi connectivity index (χ4v) is 7.75. The molecule has 5 aromatic carbocycles. The van der Waals surface area contributed by atoms with Crippen LogP contribution in [0.5, 0.6) is 0 Å². The lowest BCUT2D eigenvalue weighted by Gasteiger charge is -2.48. The van der Waals surface area contributed by atoms with Crippen molar-refractivity contribution in [3.8, 4) is 0 Å². The standard InChI is InChI=1S/C49H52O12/c1-51-47-45(56-31-38-25-15-6-16-26-38)43(55-30-37-23-13-5-14-24-37)42(40(57-47)33-53-28-35-19-9-3-10-20-35)59-48-46-44(60-49(50)61-46)41(54-29-36-21-11-4-12-22-36)39(58-48)32-52-27-34-17-7-2-8-18-34/h2-26,39-48H,27-33H2,1H3/t39-,40-,41-,42+,43+,44+,45-,46-,47+,48+/m1/s1. The number of benzene rings is 5. The number of rotatable bonds is 20. The van der Waals surface area contributed by atoms with E-state index in [0.717, 1.165) is 27.8 Å². The van der Waals surface area contributed by atoms with Crippen LogP contribution in [0.25, 0.3) is 0 Å². The second kappa shape index (κ2) is 21.7. The van der Waals surface area contributed by atoms with Gasteiger partial charge < -0.3 is 52.1 Å². The third-order valence-electron chi connectivity index (χ3n) is 10.8. The lowest BCUT2D eigenvalue weighted by Crippen LogP contribution is -2.65. The average Bonchev–Trinajstić information content (AvgIpc) is 3.71. The molecule has 3 aliphatic rings. The van der Waals surface area contributed by atoms with Gasteiger partial charge in [0, 0.05) is 7.11 Å². The zero-order valence-electron chi connectivity index (χ0n) is 34.1. The molecule has 0 N–H and O–H groups in total. The zero-order chi connectivity index (χ0) is 41.6. The lowest BCUT2D eigenvalue weighted by atomic mass is 9.96. The fourth-order valence-electron chi connectivity index (χ4n) is 7.75. The van der Waals surface area contributed by atoms with Gasteiger partial charge in [-0.05, 0) is 27.8 Å². The second-order valence-electron chi connectivity index (χ2n) is 15.1. The monoisotopic (exact) mass is 832 g/mol. The van der Waals surface area contributed by atoms with Gasteiger partial charge in [-0.15, -0.1) is 0 Å². The molecule has 3 aliphatic heterocycles. The zero-order valence-corrected chi connectivity index (χ0v) is 34.1. The number of carbonyl (C=O) groups is 1. The van der Waals surface area contributed by atoms with Crippen molar-refractivity contribution in [2.45, 2.75) is 94.4 Å². The molecule has 0 aliphatic carbocycles. The van der Waals surface area contributed by atoms with E-state index in [1.54, 1.807) is 7.11 Å². The molecular formula is C49H52O12. The minimum Gasteiger partial charge on any atom is -0.424 e. The average molecular weight is 833 g/mol. The minimum absolute atomic E-state index is 0.0968. The summed E-state index contributed by atoms with van der Waals surface area (Å²) in [4.78, 5) is 13.0. The second-order valence-corrected chi connectivity index (χ2v) is 15.1. The van der Waals surface area contributed by atoms with E-state index in [0.29, 0.717) is 13.2 Å². The molecule has 0 unspecified atom stereocenters. The van der Waals surface area contributed by atoms with Crippen LogP contribution in [0.1, 0.15) is 27.8 Å². The van der Waals surface area contributed by atoms with Crippen LogP contribution in [0.15, 0.2) is 152 Å². The van der Waals surface area contributed by atoms with Crippen LogP contribution in [-0.2, 0) is 85.1 Å². The molecule has 0 spiro atoms. The molecular weight excluding hydrogens is 781 g/mol. The molecule has 0 saturated carbocycles. The number of hydrogen-bond acceptors (Lipinski definition) is 12. The molecule has 0 bridgehead atoms. The van der Waals surface area contributed by atoms with Crippen LogP contribution in [0.2, 0.25) is 0 Å². The van der Waals surface area contributed by atoms with Gasteiger partial charge in [0.1, 0.15) is 36.6 Å². The van der Waals surface area contributed by atoms with Crippen LogP contribution in [0.4, 0.5) is 4.79 Å². The molecule has 0 radical (unpaired) electrons. The van der Waals surface area contributed by atoms with Gasteiger partial charge in [0.15, 0.2) is 24.8 Å². The van der Waals surface area contributed by atoms with Crippen molar-refractivity contribution >= 4 is 6.16 Å². The summed E-state index contributed by atoms with van der Waals surface area (Å²) in [6.07, 6.45) is -9.52. The molecule has 3 fully saturated rings. The molecule has 0 amide bonds. The molecule has 3 heterocycles. The van der Waals surface area contributed by atoms with Gasteiger partial charge in [-0.25, -0.2) is 4.79 Å². The Morgan fingerprint density at radius 3 is 1.26 bits per heavy atom. The van der Waals surface area contributed by atoms with Gasteiger partial charge in [-0.1, -0.05) is 152 Å². The number of methoxy groups -OCH3 is 1. The Morgan fingerprint density at radius 1 is 0.426 bits per heavy atom. The molecule has 12 heteroatoms. The molecule has 320 valence electrons. The van der Waals surface area contributed by atoms with Gasteiger partial charge >= 0.3 is 6.16 Å². The molecule has 12 nitrogen and oxygen atoms in total. The summed E-state index contributed by atoms with van der Waals surface area (Å²) in [6.45, 7) is 1.56. The van der Waals surface area contributed by atoms with E-state index in [1.165, 1.54) is 0 Å². The van der Waals surface area contributed by atoms with Gasteiger partial charge in [0.25, 0.3) is 0 Å². The maximum Gasteiger partial charge on any atom is 0.509 e. The number of fused-ring (bicyclic) bond motifs is 1. The van der Waals surface area contributed by atoms with Crippen LogP contribution >= 0.6 is 0 Å². The van der Waals surface area contributed by atoms with Crippen LogP contribution in [0.3, 0.4) is 0 Å². The summed E-state index contributed by atoms with van der Waals surface area (Å²) in [5.41, 5.74) is 4.83. The Bertz CT molecular complexity index is 2030. The highest BCUT2D eigenvalue weighted by molar-refractivity contribution is 5.63. The minimum atomic E-state index is -1.17. The Kier molecular flexibility index (Phi) is 15.2. The summed E-state index contributed by atoms with van der Waals surface area (Å²) in [6, 6.07) is 49.1. The van der Waals surface area contributed by atoms with Crippen LogP contribution in [-0.4, -0.2) is 87.9 Å². The number of carbonyl (C=O) groups excluding carboxylic acids is 1. The molecule has 61 heavy (non-hydrogen) atoms. The third-order valence-corrected chi connectivity index (χ3v) is 10.8. The Balaban J connectivity index is 1.10. The SMILES string of the molecule is CO[C@H]1O[C@H](COCc2ccccc2)[C@H](O[C@@H]2O[C@H](COCc3ccccc3)[C@@H](OCc3ccccc3)[C@@H]3OC(=O)O[C@@H]23)[C@H](OCc2ccccc2)[C@H]1OCc1ccccc1. The Labute approximate surface area is 356 Å². The molecule has 3 saturated heterocycles. The highest BCUT2D eigenvalue weighted by Crippen LogP contribution is 2.38. The van der Waals surface area contributed by atoms with Crippen molar-refractivity contribution in [2.24, 2.45) is 0 Å². The maximum absolute atomic E-state index is 13.0. The summed E-state index contributed by atoms with van der Waals surface area (Å²) in [5.74, 6) is 0. The van der Waals surface area contributed by atoms with E-state index < -0.39 is 67.6 Å². The van der Waals surface area contributed by atoms with E-state index in [4.69, 9.17) is 52.1 Å². The first-order valence-electron chi connectivity index (χ1n) is 20.7. The molecule has 8 rings (SSSR count). The van der Waals surface area contributed by atoms with E-state index in [2.05, 4.69) is 0 Å². The van der Waals surface area contributed by atoms with Gasteiger partial charge in [-0.3, -0.25) is 0 Å². The van der Waals surface area contributed by atoms with Crippen LogP contribution < -0.4 is 0 Å². The van der Waals surface area contributed by atoms with E-state index in [1.807, 2.05) is 152 Å². The van der Waals surface area contributed by atoms with Gasteiger partial charge in [-0.2, -0.15) is 0 Å². The fraction of sp³-hybridized carbons (Fsp3) is 0.367. The van der Waals surface area contributed by atoms with Gasteiger partial charge in [0.05, 0.1) is 46.2 Å². The van der Waals surface area contributed by atoms with E-state index >= 15 is 0 Å². The predicted octanol–water partition coefficient (Wildman–Crippen LogP) is 7.56. The van der Waals surface area contributed by atoms with Crippen LogP contribution in [0, 0.1) is 0 Å². The Morgan fingerprint density at radius 2 is 0.803 bits per heavy atom. The quantitative estimate of drug-likeness (QED) is 0.0721. The largest absolute Gasteiger partial charge is 0.509 e. The smallest absolute Gasteiger partial charge is 0.424 e. The van der Waals surface area contributed by atoms with Crippen molar-refractivity contribution in [2.75, 3.05) is 20.3 Å². The highest BCUT2D eigenvalue weighted by atomic mass is 16.8. The van der Waals surface area contributed by atoms with Crippen molar-refractivity contribution in [1.82, 2.24) is 0 Å². The summed E-state index contributed by atoms with van der Waals surface area (Å²) in [7, 11) is 1.57. The number of hydrogen-bond donors (Lipinski definition) is 0. The molecule has 10 atom stereocenters. The van der Waals surface area contributed by atoms with E-state index in [-0.39, 0.29) is 33.0 Å². The van der Waals surface area contributed by atoms with E-state index in [9.17, 15) is 4.79 Å². The number of ether oxygens (including phenoxy) is 11. The highest BCUT2D eigenvalue weighted by Gasteiger charge is 2.58. The van der Waals surface area contributed by atoms with Gasteiger partial charge in [0.2, 0.25) is 0 Å². The predicted molar refractivity (Wildman–Crippen MR) is 222 cm³/mol. The van der Waals surface area contributed by atoms with Crippen molar-refractivity contribution in [3.05, 3.63) is 179 Å². The topological polar surface area (TPSA) is 119 Å². The normalized spacial score (nSPS) is 27.2. The molecule has 5 aromatic rings. The Hall–Kier alpha value is -4.99. The lowest BCUT2D eigenvalue weighted by molar-refractivity contribution is -0.362. The first-order chi connectivity index (χ1) is 30.1. The first-order valence-corrected chi connectivity index (χ1v) is 20.7. The molecule has 0 aromatic heterocycles. The summed E-state index contributed by atoms with van der Waals surface area (Å²) >= 11 is 0. The van der Waals surface area contributed by atoms with Crippen molar-refractivity contribution < 1.29 is 56.9 Å². The summed E-state index contributed by atoms with van der Waals surface area (Å²) < 4.78 is 70.7. The summed E-state index contributed by atoms with van der Waals surface area (Å²) in [5, 5.41) is 0. The first kappa shape index (κ1) is 42.7. The third kappa shape index (κ3) is 11.5.